The maximum Gasteiger partial charge on any atom is 0.233 e. The van der Waals surface area contributed by atoms with Crippen LogP contribution in [0.2, 0.25) is 0 Å². The van der Waals surface area contributed by atoms with Gasteiger partial charge in [-0.15, -0.1) is 0 Å². The van der Waals surface area contributed by atoms with E-state index in [2.05, 4.69) is 36.9 Å². The van der Waals surface area contributed by atoms with Crippen molar-refractivity contribution in [1.82, 2.24) is 0 Å². The second kappa shape index (κ2) is 5.36. The van der Waals surface area contributed by atoms with Crippen molar-refractivity contribution in [2.75, 3.05) is 4.90 Å². The number of ether oxygens (including phenoxy) is 1. The van der Waals surface area contributed by atoms with Gasteiger partial charge in [-0.05, 0) is 56.6 Å². The van der Waals surface area contributed by atoms with Crippen molar-refractivity contribution in [3.05, 3.63) is 29.3 Å². The molecule has 1 amide bonds. The van der Waals surface area contributed by atoms with Crippen LogP contribution in [0.5, 0.6) is 0 Å². The van der Waals surface area contributed by atoms with Crippen LogP contribution in [0.3, 0.4) is 0 Å². The van der Waals surface area contributed by atoms with Crippen LogP contribution in [-0.2, 0) is 9.53 Å². The Morgan fingerprint density at radius 1 is 1.15 bits per heavy atom. The molecule has 4 heteroatoms. The number of amides is 1. The zero-order chi connectivity index (χ0) is 18.5. The molecule has 6 rings (SSSR count). The van der Waals surface area contributed by atoms with Crippen LogP contribution in [0.1, 0.15) is 49.7 Å². The second-order valence-corrected chi connectivity index (χ2v) is 9.74. The van der Waals surface area contributed by atoms with Gasteiger partial charge in [0.2, 0.25) is 5.91 Å². The molecule has 2 bridgehead atoms. The van der Waals surface area contributed by atoms with Gasteiger partial charge in [-0.3, -0.25) is 9.69 Å². The van der Waals surface area contributed by atoms with Crippen molar-refractivity contribution >= 4 is 11.6 Å². The molecule has 5 aliphatic rings. The third-order valence-corrected chi connectivity index (χ3v) is 8.49. The molecule has 7 atom stereocenters. The fourth-order valence-electron chi connectivity index (χ4n) is 7.64. The first-order chi connectivity index (χ1) is 13.0. The number of carbonyl (C=O) groups excluding carboxylic acids is 1. The lowest BCUT2D eigenvalue weighted by Crippen LogP contribution is -2.56. The van der Waals surface area contributed by atoms with Crippen LogP contribution in [0.4, 0.5) is 5.69 Å². The molecule has 1 N–H and O–H groups in total. The van der Waals surface area contributed by atoms with E-state index in [1.807, 2.05) is 0 Å². The summed E-state index contributed by atoms with van der Waals surface area (Å²) >= 11 is 0. The van der Waals surface area contributed by atoms with E-state index in [4.69, 9.17) is 4.74 Å². The molecule has 27 heavy (non-hydrogen) atoms. The van der Waals surface area contributed by atoms with Crippen molar-refractivity contribution in [3.63, 3.8) is 0 Å². The number of nitrogens with zero attached hydrogens (tertiary/aromatic N) is 1. The average molecular weight is 367 g/mol. The Bertz CT molecular complexity index is 816. The number of benzene rings is 1. The quantitative estimate of drug-likeness (QED) is 0.869. The second-order valence-electron chi connectivity index (χ2n) is 9.74. The number of hydrogen-bond acceptors (Lipinski definition) is 3. The van der Waals surface area contributed by atoms with Gasteiger partial charge in [0.1, 0.15) is 0 Å². The topological polar surface area (TPSA) is 49.8 Å². The molecular weight excluding hydrogens is 338 g/mol. The molecule has 0 aromatic heterocycles. The van der Waals surface area contributed by atoms with Gasteiger partial charge in [-0.25, -0.2) is 0 Å². The zero-order valence-electron chi connectivity index (χ0n) is 16.2. The summed E-state index contributed by atoms with van der Waals surface area (Å²) in [6.07, 6.45) is 6.47. The molecule has 2 heterocycles. The van der Waals surface area contributed by atoms with Gasteiger partial charge in [-0.2, -0.15) is 0 Å². The monoisotopic (exact) mass is 367 g/mol. The third-order valence-electron chi connectivity index (χ3n) is 8.49. The molecule has 0 radical (unpaired) electrons. The maximum atomic E-state index is 13.8. The highest BCUT2D eigenvalue weighted by Crippen LogP contribution is 2.70. The van der Waals surface area contributed by atoms with Gasteiger partial charge in [0, 0.05) is 17.5 Å². The minimum atomic E-state index is -0.524. The molecule has 3 saturated carbocycles. The lowest BCUT2D eigenvalue weighted by Gasteiger charge is -2.46. The van der Waals surface area contributed by atoms with Gasteiger partial charge >= 0.3 is 0 Å². The number of carbonyl (C=O) groups is 1. The SMILES string of the molecule is Cc1ccc(N2C(=O)C3C4CC5C(OC2(C2CCCCC2)C53)C4O)c(C)c1. The molecule has 7 unspecified atom stereocenters. The molecule has 5 fully saturated rings. The fraction of sp³-hybridized carbons (Fsp3) is 0.696. The number of anilines is 1. The van der Waals surface area contributed by atoms with E-state index in [0.717, 1.165) is 30.5 Å². The minimum absolute atomic E-state index is 0.0496. The smallest absolute Gasteiger partial charge is 0.233 e. The van der Waals surface area contributed by atoms with Crippen molar-refractivity contribution in [3.8, 4) is 0 Å². The molecule has 144 valence electrons. The van der Waals surface area contributed by atoms with E-state index in [1.54, 1.807) is 0 Å². The van der Waals surface area contributed by atoms with Crippen LogP contribution < -0.4 is 4.90 Å². The number of rotatable bonds is 2. The van der Waals surface area contributed by atoms with Gasteiger partial charge in [0.05, 0.1) is 18.1 Å². The first-order valence-electron chi connectivity index (χ1n) is 10.8. The van der Waals surface area contributed by atoms with Crippen LogP contribution in [0.15, 0.2) is 18.2 Å². The summed E-state index contributed by atoms with van der Waals surface area (Å²) < 4.78 is 6.85. The predicted octanol–water partition coefficient (Wildman–Crippen LogP) is 3.57. The Morgan fingerprint density at radius 2 is 1.93 bits per heavy atom. The first-order valence-corrected chi connectivity index (χ1v) is 10.8. The third kappa shape index (κ3) is 1.84. The summed E-state index contributed by atoms with van der Waals surface area (Å²) in [6.45, 7) is 4.21. The van der Waals surface area contributed by atoms with Crippen molar-refractivity contribution in [2.24, 2.45) is 29.6 Å². The molecule has 0 spiro atoms. The van der Waals surface area contributed by atoms with E-state index in [1.165, 1.54) is 24.8 Å². The van der Waals surface area contributed by atoms with Gasteiger partial charge < -0.3 is 9.84 Å². The fourth-order valence-corrected chi connectivity index (χ4v) is 7.64. The summed E-state index contributed by atoms with van der Waals surface area (Å²) in [5.41, 5.74) is 2.88. The lowest BCUT2D eigenvalue weighted by molar-refractivity contribution is -0.140. The molecular formula is C23H29NO3. The van der Waals surface area contributed by atoms with E-state index in [9.17, 15) is 9.90 Å². The number of aliphatic hydroxyl groups excluding tert-OH is 1. The number of hydrogen-bond donors (Lipinski definition) is 1. The van der Waals surface area contributed by atoms with Crippen molar-refractivity contribution < 1.29 is 14.6 Å². The number of fused-ring (bicyclic) bond motifs is 2. The lowest BCUT2D eigenvalue weighted by atomic mass is 9.70. The zero-order valence-corrected chi connectivity index (χ0v) is 16.2. The van der Waals surface area contributed by atoms with Crippen LogP contribution >= 0.6 is 0 Å². The Labute approximate surface area is 160 Å². The average Bonchev–Trinajstić information content (AvgIpc) is 3.33. The molecule has 2 saturated heterocycles. The van der Waals surface area contributed by atoms with E-state index < -0.39 is 11.8 Å². The largest absolute Gasteiger partial charge is 0.390 e. The number of aliphatic hydroxyl groups is 1. The Morgan fingerprint density at radius 3 is 2.67 bits per heavy atom. The van der Waals surface area contributed by atoms with Crippen molar-refractivity contribution in [2.45, 2.75) is 70.3 Å². The van der Waals surface area contributed by atoms with E-state index >= 15 is 0 Å². The first kappa shape index (κ1) is 16.6. The van der Waals surface area contributed by atoms with Crippen molar-refractivity contribution in [1.29, 1.82) is 0 Å². The Hall–Kier alpha value is -1.39. The van der Waals surface area contributed by atoms with Crippen LogP contribution in [0, 0.1) is 43.4 Å². The van der Waals surface area contributed by atoms with E-state index in [0.29, 0.717) is 11.8 Å². The van der Waals surface area contributed by atoms with Gasteiger partial charge in [0.25, 0.3) is 0 Å². The molecule has 1 aromatic carbocycles. The summed E-state index contributed by atoms with van der Waals surface area (Å²) in [7, 11) is 0. The van der Waals surface area contributed by atoms with Crippen LogP contribution in [-0.4, -0.2) is 28.9 Å². The highest BCUT2D eigenvalue weighted by Gasteiger charge is 2.79. The highest BCUT2D eigenvalue weighted by atomic mass is 16.6. The molecule has 1 aromatic rings. The van der Waals surface area contributed by atoms with Gasteiger partial charge in [0.15, 0.2) is 5.72 Å². The Kier molecular flexibility index (Phi) is 3.28. The minimum Gasteiger partial charge on any atom is -0.390 e. The summed E-state index contributed by atoms with van der Waals surface area (Å²) in [6, 6.07) is 6.40. The summed E-state index contributed by atoms with van der Waals surface area (Å²) in [4.78, 5) is 15.9. The summed E-state index contributed by atoms with van der Waals surface area (Å²) in [5, 5.41) is 10.8. The molecule has 2 aliphatic heterocycles. The number of aryl methyl sites for hydroxylation is 2. The predicted molar refractivity (Wildman–Crippen MR) is 102 cm³/mol. The maximum absolute atomic E-state index is 13.8. The van der Waals surface area contributed by atoms with Gasteiger partial charge in [-0.1, -0.05) is 37.0 Å². The highest BCUT2D eigenvalue weighted by molar-refractivity contribution is 6.01. The molecule has 4 nitrogen and oxygen atoms in total. The Balaban J connectivity index is 1.54. The van der Waals surface area contributed by atoms with Crippen LogP contribution in [0.25, 0.3) is 0 Å². The molecule has 3 aliphatic carbocycles. The summed E-state index contributed by atoms with van der Waals surface area (Å²) in [5.74, 6) is 1.28. The standard InChI is InChI=1S/C23H29NO3/c1-12-8-9-17(13(2)10-12)24-22(26)18-15-11-16-19(18)23(24,27-21(16)20(15)25)14-6-4-3-5-7-14/h8-10,14-16,18-21,25H,3-7,11H2,1-2H3. The normalized spacial score (nSPS) is 45.3. The van der Waals surface area contributed by atoms with E-state index in [-0.39, 0.29) is 29.8 Å².